The lowest BCUT2D eigenvalue weighted by molar-refractivity contribution is 0.197. The molecule has 2 fully saturated rings. The van der Waals surface area contributed by atoms with Crippen molar-refractivity contribution in [2.75, 3.05) is 45.9 Å². The maximum atomic E-state index is 6.01. The molecule has 1 saturated heterocycles. The minimum Gasteiger partial charge on any atom is -0.489 e. The highest BCUT2D eigenvalue weighted by Gasteiger charge is 2.46. The van der Waals surface area contributed by atoms with Crippen molar-refractivity contribution in [1.29, 1.82) is 0 Å². The quantitative estimate of drug-likeness (QED) is 0.917. The summed E-state index contributed by atoms with van der Waals surface area (Å²) in [5.41, 5.74) is 1.67. The molecule has 0 amide bonds. The van der Waals surface area contributed by atoms with E-state index in [1.54, 1.807) is 0 Å². The number of nitrogens with zero attached hydrogens (tertiary/aromatic N) is 1. The van der Waals surface area contributed by atoms with Gasteiger partial charge in [-0.05, 0) is 37.0 Å². The molecule has 4 rings (SSSR count). The molecule has 2 heterocycles. The number of benzene rings is 1. The number of hydrogen-bond donors (Lipinski definition) is 1. The Morgan fingerprint density at radius 3 is 2.57 bits per heavy atom. The van der Waals surface area contributed by atoms with E-state index in [2.05, 4.69) is 28.4 Å². The standard InChI is InChI=1S/C17H24N2O2/c1-2-15-16(21-13-17(4-5-17)12-20-15)11-14(1)3-8-19-9-6-18-7-10-19/h1-2,11,18H,3-10,12-13H2. The second-order valence-electron chi connectivity index (χ2n) is 6.70. The average molecular weight is 288 g/mol. The lowest BCUT2D eigenvalue weighted by Gasteiger charge is -2.27. The van der Waals surface area contributed by atoms with Gasteiger partial charge in [0, 0.05) is 38.1 Å². The second-order valence-corrected chi connectivity index (χ2v) is 6.70. The van der Waals surface area contributed by atoms with Crippen molar-refractivity contribution in [2.24, 2.45) is 5.41 Å². The third-order valence-electron chi connectivity index (χ3n) is 4.96. The largest absolute Gasteiger partial charge is 0.489 e. The van der Waals surface area contributed by atoms with Crippen LogP contribution < -0.4 is 14.8 Å². The zero-order chi connectivity index (χ0) is 14.1. The molecule has 0 atom stereocenters. The molecule has 0 unspecified atom stereocenters. The fourth-order valence-electron chi connectivity index (χ4n) is 3.13. The predicted molar refractivity (Wildman–Crippen MR) is 82.1 cm³/mol. The predicted octanol–water partition coefficient (Wildman–Crippen LogP) is 1.69. The van der Waals surface area contributed by atoms with E-state index in [1.807, 2.05) is 0 Å². The average Bonchev–Trinajstić information content (AvgIpc) is 3.33. The van der Waals surface area contributed by atoms with E-state index in [0.29, 0.717) is 5.41 Å². The Kier molecular flexibility index (Phi) is 3.51. The molecule has 4 nitrogen and oxygen atoms in total. The molecule has 1 aromatic carbocycles. The fraction of sp³-hybridized carbons (Fsp3) is 0.647. The van der Waals surface area contributed by atoms with Gasteiger partial charge in [-0.25, -0.2) is 0 Å². The van der Waals surface area contributed by atoms with Crippen LogP contribution in [0.2, 0.25) is 0 Å². The van der Waals surface area contributed by atoms with Crippen molar-refractivity contribution in [1.82, 2.24) is 10.2 Å². The first-order chi connectivity index (χ1) is 10.3. The smallest absolute Gasteiger partial charge is 0.161 e. The van der Waals surface area contributed by atoms with Crippen molar-refractivity contribution in [3.05, 3.63) is 23.8 Å². The van der Waals surface area contributed by atoms with Crippen LogP contribution in [0.25, 0.3) is 0 Å². The number of piperazine rings is 1. The molecule has 1 saturated carbocycles. The highest BCUT2D eigenvalue weighted by atomic mass is 16.5. The van der Waals surface area contributed by atoms with Crippen molar-refractivity contribution < 1.29 is 9.47 Å². The summed E-state index contributed by atoms with van der Waals surface area (Å²) in [6, 6.07) is 6.46. The lowest BCUT2D eigenvalue weighted by Crippen LogP contribution is -2.44. The van der Waals surface area contributed by atoms with Crippen molar-refractivity contribution >= 4 is 0 Å². The van der Waals surface area contributed by atoms with E-state index in [4.69, 9.17) is 9.47 Å². The summed E-state index contributed by atoms with van der Waals surface area (Å²) in [4.78, 5) is 2.53. The Balaban J connectivity index is 1.39. The highest BCUT2D eigenvalue weighted by molar-refractivity contribution is 5.44. The lowest BCUT2D eigenvalue weighted by atomic mass is 10.1. The topological polar surface area (TPSA) is 33.7 Å². The Hall–Kier alpha value is -1.26. The molecule has 0 bridgehead atoms. The molecule has 1 aromatic rings. The first-order valence-corrected chi connectivity index (χ1v) is 8.15. The summed E-state index contributed by atoms with van der Waals surface area (Å²) in [6.07, 6.45) is 3.58. The van der Waals surface area contributed by atoms with Gasteiger partial charge in [-0.15, -0.1) is 0 Å². The molecule has 2 aliphatic heterocycles. The zero-order valence-corrected chi connectivity index (χ0v) is 12.6. The molecule has 114 valence electrons. The van der Waals surface area contributed by atoms with E-state index in [1.165, 1.54) is 18.4 Å². The molecule has 1 spiro atoms. The van der Waals surface area contributed by atoms with Crippen LogP contribution >= 0.6 is 0 Å². The number of rotatable bonds is 3. The summed E-state index contributed by atoms with van der Waals surface area (Å²) >= 11 is 0. The summed E-state index contributed by atoms with van der Waals surface area (Å²) < 4.78 is 11.9. The van der Waals surface area contributed by atoms with Crippen LogP contribution in [-0.2, 0) is 6.42 Å². The molecular formula is C17H24N2O2. The van der Waals surface area contributed by atoms with E-state index in [-0.39, 0.29) is 0 Å². The van der Waals surface area contributed by atoms with Crippen LogP contribution in [0.3, 0.4) is 0 Å². The van der Waals surface area contributed by atoms with Gasteiger partial charge in [-0.2, -0.15) is 0 Å². The Morgan fingerprint density at radius 2 is 1.81 bits per heavy atom. The summed E-state index contributed by atoms with van der Waals surface area (Å²) in [6.45, 7) is 7.32. The van der Waals surface area contributed by atoms with Gasteiger partial charge in [0.15, 0.2) is 11.5 Å². The van der Waals surface area contributed by atoms with Crippen LogP contribution in [0.4, 0.5) is 0 Å². The highest BCUT2D eigenvalue weighted by Crippen LogP contribution is 2.49. The molecule has 3 aliphatic rings. The van der Waals surface area contributed by atoms with Crippen LogP contribution in [0.1, 0.15) is 18.4 Å². The fourth-order valence-corrected chi connectivity index (χ4v) is 3.13. The second kappa shape index (κ2) is 5.50. The third-order valence-corrected chi connectivity index (χ3v) is 4.96. The van der Waals surface area contributed by atoms with Gasteiger partial charge in [0.05, 0.1) is 13.2 Å². The van der Waals surface area contributed by atoms with E-state index in [9.17, 15) is 0 Å². The number of hydrogen-bond acceptors (Lipinski definition) is 4. The minimum absolute atomic E-state index is 0.319. The molecule has 0 aromatic heterocycles. The Labute approximate surface area is 126 Å². The van der Waals surface area contributed by atoms with Crippen LogP contribution in [0.15, 0.2) is 18.2 Å². The molecule has 4 heteroatoms. The number of nitrogens with one attached hydrogen (secondary N) is 1. The number of ether oxygens (including phenoxy) is 2. The van der Waals surface area contributed by atoms with Crippen molar-refractivity contribution in [3.63, 3.8) is 0 Å². The SMILES string of the molecule is c1cc2c(cc1CCN1CCNCC1)OCC1(CC1)CO2. The van der Waals surface area contributed by atoms with Crippen molar-refractivity contribution in [2.45, 2.75) is 19.3 Å². The molecule has 0 radical (unpaired) electrons. The van der Waals surface area contributed by atoms with Crippen LogP contribution in [0, 0.1) is 5.41 Å². The summed E-state index contributed by atoms with van der Waals surface area (Å²) in [5, 5.41) is 3.40. The van der Waals surface area contributed by atoms with Crippen molar-refractivity contribution in [3.8, 4) is 11.5 Å². The zero-order valence-electron chi connectivity index (χ0n) is 12.6. The Bertz CT molecular complexity index is 508. The van der Waals surface area contributed by atoms with Gasteiger partial charge in [-0.3, -0.25) is 0 Å². The maximum absolute atomic E-state index is 6.01. The Morgan fingerprint density at radius 1 is 1.05 bits per heavy atom. The monoisotopic (exact) mass is 288 g/mol. The van der Waals surface area contributed by atoms with Crippen LogP contribution in [0.5, 0.6) is 11.5 Å². The summed E-state index contributed by atoms with van der Waals surface area (Å²) in [7, 11) is 0. The van der Waals surface area contributed by atoms with Gasteiger partial charge in [0.25, 0.3) is 0 Å². The first-order valence-electron chi connectivity index (χ1n) is 8.15. The molecule has 21 heavy (non-hydrogen) atoms. The van der Waals surface area contributed by atoms with Gasteiger partial charge in [-0.1, -0.05) is 6.07 Å². The normalized spacial score (nSPS) is 23.8. The third kappa shape index (κ3) is 3.01. The van der Waals surface area contributed by atoms with E-state index >= 15 is 0 Å². The van der Waals surface area contributed by atoms with E-state index < -0.39 is 0 Å². The number of fused-ring (bicyclic) bond motifs is 1. The van der Waals surface area contributed by atoms with Gasteiger partial charge in [0.1, 0.15) is 0 Å². The maximum Gasteiger partial charge on any atom is 0.161 e. The van der Waals surface area contributed by atoms with Gasteiger partial charge in [0.2, 0.25) is 0 Å². The first kappa shape index (κ1) is 13.4. The summed E-state index contributed by atoms with van der Waals surface area (Å²) in [5.74, 6) is 1.86. The molecule has 1 N–H and O–H groups in total. The van der Waals surface area contributed by atoms with Gasteiger partial charge < -0.3 is 19.7 Å². The van der Waals surface area contributed by atoms with E-state index in [0.717, 1.165) is 63.9 Å². The minimum atomic E-state index is 0.319. The molecular weight excluding hydrogens is 264 g/mol. The van der Waals surface area contributed by atoms with Crippen LogP contribution in [-0.4, -0.2) is 50.8 Å². The molecule has 1 aliphatic carbocycles. The van der Waals surface area contributed by atoms with Gasteiger partial charge >= 0.3 is 0 Å².